The summed E-state index contributed by atoms with van der Waals surface area (Å²) in [7, 11) is 0. The summed E-state index contributed by atoms with van der Waals surface area (Å²) in [4.78, 5) is 6.49. The van der Waals surface area contributed by atoms with Gasteiger partial charge in [0.15, 0.2) is 0 Å². The van der Waals surface area contributed by atoms with Crippen LogP contribution in [0.25, 0.3) is 6.08 Å². The molecule has 8 heteroatoms. The van der Waals surface area contributed by atoms with Gasteiger partial charge in [-0.1, -0.05) is 78.4 Å². The highest BCUT2D eigenvalue weighted by molar-refractivity contribution is 6.31. The Labute approximate surface area is 247 Å². The number of aryl methyl sites for hydroxylation is 1. The van der Waals surface area contributed by atoms with Gasteiger partial charge in [-0.05, 0) is 41.8 Å². The van der Waals surface area contributed by atoms with Gasteiger partial charge in [-0.15, -0.1) is 0 Å². The number of nitrogens with zero attached hydrogens (tertiary/aromatic N) is 3. The van der Waals surface area contributed by atoms with Crippen molar-refractivity contribution in [3.8, 4) is 5.75 Å². The molecule has 0 radical (unpaired) electrons. The Hall–Kier alpha value is -3.46. The van der Waals surface area contributed by atoms with E-state index in [0.717, 1.165) is 36.5 Å². The standard InChI is InChI=1S/C33H37ClN4O3/c1-26-9-14-31(32(34)20-26)33(24-38-19-16-36-25-38)40-23-30(41-33)22-39-29-12-10-28(11-13-29)21-37(18-15-35)17-5-8-27-6-3-2-4-7-27/h2-14,16,19-20,25,30H,15,17-18,21-24,35H2,1H3/b8-5+/t30?,33-/m0/s1. The van der Waals surface area contributed by atoms with Crippen LogP contribution in [-0.4, -0.2) is 53.4 Å². The van der Waals surface area contributed by atoms with E-state index in [9.17, 15) is 0 Å². The minimum Gasteiger partial charge on any atom is -0.491 e. The average molecular weight is 573 g/mol. The van der Waals surface area contributed by atoms with Crippen molar-refractivity contribution in [3.63, 3.8) is 0 Å². The molecule has 2 N–H and O–H groups in total. The number of halogens is 1. The molecule has 0 saturated carbocycles. The number of hydrogen-bond acceptors (Lipinski definition) is 6. The zero-order valence-corrected chi connectivity index (χ0v) is 24.1. The molecule has 0 aliphatic carbocycles. The third kappa shape index (κ3) is 7.85. The van der Waals surface area contributed by atoms with E-state index in [1.54, 1.807) is 12.5 Å². The van der Waals surface area contributed by atoms with E-state index >= 15 is 0 Å². The molecule has 1 aliphatic rings. The lowest BCUT2D eigenvalue weighted by molar-refractivity contribution is -0.189. The van der Waals surface area contributed by atoms with Gasteiger partial charge in [0.2, 0.25) is 5.79 Å². The first kappa shape index (κ1) is 29.0. The summed E-state index contributed by atoms with van der Waals surface area (Å²) in [6, 6.07) is 24.4. The molecular formula is C33H37ClN4O3. The third-order valence-corrected chi connectivity index (χ3v) is 7.34. The molecule has 1 aliphatic heterocycles. The first-order chi connectivity index (χ1) is 20.0. The summed E-state index contributed by atoms with van der Waals surface area (Å²) in [6.07, 6.45) is 9.44. The summed E-state index contributed by atoms with van der Waals surface area (Å²) in [6.45, 7) is 6.26. The van der Waals surface area contributed by atoms with Crippen LogP contribution in [0.1, 0.15) is 22.3 Å². The third-order valence-electron chi connectivity index (χ3n) is 7.03. The van der Waals surface area contributed by atoms with E-state index in [0.29, 0.717) is 31.3 Å². The van der Waals surface area contributed by atoms with Gasteiger partial charge in [0, 0.05) is 49.2 Å². The lowest BCUT2D eigenvalue weighted by Gasteiger charge is -2.30. The second kappa shape index (κ2) is 13.9. The summed E-state index contributed by atoms with van der Waals surface area (Å²) < 4.78 is 20.9. The van der Waals surface area contributed by atoms with Crippen molar-refractivity contribution >= 4 is 17.7 Å². The highest BCUT2D eigenvalue weighted by Crippen LogP contribution is 2.40. The maximum atomic E-state index is 6.66. The molecule has 3 aromatic carbocycles. The Morgan fingerprint density at radius 1 is 1.15 bits per heavy atom. The SMILES string of the molecule is Cc1ccc([C@@]2(Cn3ccnc3)OCC(COc3ccc(CN(C/C=C/c4ccccc4)CCN)cc3)O2)c(Cl)c1. The van der Waals surface area contributed by atoms with Gasteiger partial charge in [0.1, 0.15) is 18.5 Å². The summed E-state index contributed by atoms with van der Waals surface area (Å²) in [5.41, 5.74) is 10.1. The molecule has 1 aromatic heterocycles. The fourth-order valence-electron chi connectivity index (χ4n) is 4.96. The molecule has 1 unspecified atom stereocenters. The van der Waals surface area contributed by atoms with E-state index in [1.807, 2.05) is 66.2 Å². The molecule has 0 spiro atoms. The molecule has 1 fully saturated rings. The smallest absolute Gasteiger partial charge is 0.215 e. The van der Waals surface area contributed by atoms with Crippen molar-refractivity contribution in [2.24, 2.45) is 5.73 Å². The quantitative estimate of drug-likeness (QED) is 0.223. The summed E-state index contributed by atoms with van der Waals surface area (Å²) in [5, 5.41) is 0.613. The Bertz CT molecular complexity index is 1400. The van der Waals surface area contributed by atoms with Crippen LogP contribution in [0.3, 0.4) is 0 Å². The van der Waals surface area contributed by atoms with Crippen molar-refractivity contribution in [3.05, 3.63) is 125 Å². The monoisotopic (exact) mass is 572 g/mol. The molecular weight excluding hydrogens is 536 g/mol. The van der Waals surface area contributed by atoms with Gasteiger partial charge >= 0.3 is 0 Å². The molecule has 41 heavy (non-hydrogen) atoms. The normalized spacial score (nSPS) is 18.9. The second-order valence-electron chi connectivity index (χ2n) is 10.3. The largest absolute Gasteiger partial charge is 0.491 e. The molecule has 4 aromatic rings. The Balaban J connectivity index is 1.17. The number of aromatic nitrogens is 2. The summed E-state index contributed by atoms with van der Waals surface area (Å²) >= 11 is 6.66. The molecule has 0 amide bonds. The fourth-order valence-corrected chi connectivity index (χ4v) is 5.34. The molecule has 5 rings (SSSR count). The number of rotatable bonds is 13. The van der Waals surface area contributed by atoms with Crippen LogP contribution >= 0.6 is 11.6 Å². The zero-order chi connectivity index (χ0) is 28.5. The van der Waals surface area contributed by atoms with Crippen molar-refractivity contribution in [2.75, 3.05) is 32.8 Å². The van der Waals surface area contributed by atoms with E-state index in [2.05, 4.69) is 46.3 Å². The summed E-state index contributed by atoms with van der Waals surface area (Å²) in [5.74, 6) is -0.239. The van der Waals surface area contributed by atoms with Crippen molar-refractivity contribution in [1.82, 2.24) is 14.5 Å². The molecule has 214 valence electrons. The lowest BCUT2D eigenvalue weighted by Crippen LogP contribution is -2.34. The maximum Gasteiger partial charge on any atom is 0.215 e. The van der Waals surface area contributed by atoms with Gasteiger partial charge in [0.05, 0.1) is 19.5 Å². The number of hydrogen-bond donors (Lipinski definition) is 1. The predicted octanol–water partition coefficient (Wildman–Crippen LogP) is 5.67. The van der Waals surface area contributed by atoms with Crippen LogP contribution in [0.15, 0.2) is 97.6 Å². The van der Waals surface area contributed by atoms with Gasteiger partial charge in [-0.3, -0.25) is 4.90 Å². The van der Waals surface area contributed by atoms with Crippen molar-refractivity contribution < 1.29 is 14.2 Å². The zero-order valence-electron chi connectivity index (χ0n) is 23.4. The number of imidazole rings is 1. The van der Waals surface area contributed by atoms with Crippen molar-refractivity contribution in [1.29, 1.82) is 0 Å². The lowest BCUT2D eigenvalue weighted by atomic mass is 10.0. The highest BCUT2D eigenvalue weighted by Gasteiger charge is 2.45. The van der Waals surface area contributed by atoms with Gasteiger partial charge < -0.3 is 24.5 Å². The predicted molar refractivity (Wildman–Crippen MR) is 163 cm³/mol. The molecule has 0 bridgehead atoms. The van der Waals surface area contributed by atoms with E-state index in [4.69, 9.17) is 31.5 Å². The van der Waals surface area contributed by atoms with Crippen LogP contribution in [0.2, 0.25) is 5.02 Å². The molecule has 2 heterocycles. The van der Waals surface area contributed by atoms with Crippen LogP contribution in [-0.2, 0) is 28.4 Å². The van der Waals surface area contributed by atoms with E-state index in [-0.39, 0.29) is 6.10 Å². The topological polar surface area (TPSA) is 74.8 Å². The minimum absolute atomic E-state index is 0.257. The number of nitrogens with two attached hydrogens (primary N) is 1. The fraction of sp³-hybridized carbons (Fsp3) is 0.303. The number of ether oxygens (including phenoxy) is 3. The van der Waals surface area contributed by atoms with Crippen molar-refractivity contribution in [2.45, 2.75) is 31.9 Å². The average Bonchev–Trinajstić information content (AvgIpc) is 3.64. The Kier molecular flexibility index (Phi) is 9.88. The van der Waals surface area contributed by atoms with E-state index < -0.39 is 5.79 Å². The minimum atomic E-state index is -1.02. The Morgan fingerprint density at radius 2 is 1.98 bits per heavy atom. The van der Waals surface area contributed by atoms with Crippen LogP contribution in [0, 0.1) is 6.92 Å². The van der Waals surface area contributed by atoms with Gasteiger partial charge in [-0.2, -0.15) is 0 Å². The van der Waals surface area contributed by atoms with Gasteiger partial charge in [-0.25, -0.2) is 4.98 Å². The first-order valence-corrected chi connectivity index (χ1v) is 14.3. The van der Waals surface area contributed by atoms with Crippen LogP contribution < -0.4 is 10.5 Å². The molecule has 1 saturated heterocycles. The molecule has 7 nitrogen and oxygen atoms in total. The number of benzene rings is 3. The van der Waals surface area contributed by atoms with Crippen LogP contribution in [0.4, 0.5) is 0 Å². The Morgan fingerprint density at radius 3 is 2.71 bits per heavy atom. The highest BCUT2D eigenvalue weighted by atomic mass is 35.5. The van der Waals surface area contributed by atoms with Crippen LogP contribution in [0.5, 0.6) is 5.75 Å². The van der Waals surface area contributed by atoms with E-state index in [1.165, 1.54) is 11.1 Å². The molecule has 2 atom stereocenters. The maximum absolute atomic E-state index is 6.66. The first-order valence-electron chi connectivity index (χ1n) is 13.9. The second-order valence-corrected chi connectivity index (χ2v) is 10.7. The van der Waals surface area contributed by atoms with Gasteiger partial charge in [0.25, 0.3) is 0 Å².